The van der Waals surface area contributed by atoms with E-state index in [4.69, 9.17) is 4.43 Å². The van der Waals surface area contributed by atoms with Crippen LogP contribution in [0.1, 0.15) is 36.7 Å². The van der Waals surface area contributed by atoms with Crippen molar-refractivity contribution in [3.05, 3.63) is 29.3 Å². The largest absolute Gasteiger partial charge is 0.543 e. The molecule has 100 valence electrons. The fourth-order valence-electron chi connectivity index (χ4n) is 1.32. The summed E-state index contributed by atoms with van der Waals surface area (Å²) < 4.78 is 6.15. The summed E-state index contributed by atoms with van der Waals surface area (Å²) >= 11 is 0. The maximum atomic E-state index is 10.7. The molecular formula is C14H22O3Si. The molecule has 0 saturated heterocycles. The second kappa shape index (κ2) is 5.24. The first kappa shape index (κ1) is 14.9. The van der Waals surface area contributed by atoms with Gasteiger partial charge in [0.05, 0.1) is 6.61 Å². The molecule has 0 aliphatic rings. The van der Waals surface area contributed by atoms with Crippen molar-refractivity contribution in [2.45, 2.75) is 45.5 Å². The van der Waals surface area contributed by atoms with Crippen LogP contribution in [0.2, 0.25) is 18.1 Å². The maximum absolute atomic E-state index is 10.7. The summed E-state index contributed by atoms with van der Waals surface area (Å²) in [6, 6.07) is 5.17. The maximum Gasteiger partial charge on any atom is 0.250 e. The average molecular weight is 266 g/mol. The summed E-state index contributed by atoms with van der Waals surface area (Å²) in [4.78, 5) is 10.7. The van der Waals surface area contributed by atoms with E-state index in [1.54, 1.807) is 18.2 Å². The molecular weight excluding hydrogens is 244 g/mol. The minimum absolute atomic E-state index is 0.100. The molecule has 0 heterocycles. The molecule has 0 fully saturated rings. The van der Waals surface area contributed by atoms with Gasteiger partial charge in [-0.2, -0.15) is 0 Å². The average Bonchev–Trinajstić information content (AvgIpc) is 2.27. The molecule has 4 heteroatoms. The Labute approximate surface area is 110 Å². The van der Waals surface area contributed by atoms with Crippen molar-refractivity contribution in [3.63, 3.8) is 0 Å². The Morgan fingerprint density at radius 2 is 1.94 bits per heavy atom. The van der Waals surface area contributed by atoms with Gasteiger partial charge in [0.15, 0.2) is 0 Å². The second-order valence-electron chi connectivity index (χ2n) is 6.01. The van der Waals surface area contributed by atoms with E-state index in [0.717, 1.165) is 6.29 Å². The Morgan fingerprint density at radius 3 is 2.39 bits per heavy atom. The minimum Gasteiger partial charge on any atom is -0.543 e. The van der Waals surface area contributed by atoms with Crippen LogP contribution in [0, 0.1) is 0 Å². The van der Waals surface area contributed by atoms with Crippen LogP contribution >= 0.6 is 0 Å². The Bertz CT molecular complexity index is 433. The number of aliphatic hydroxyl groups is 1. The smallest absolute Gasteiger partial charge is 0.250 e. The Morgan fingerprint density at radius 1 is 1.33 bits per heavy atom. The van der Waals surface area contributed by atoms with Gasteiger partial charge in [0.2, 0.25) is 8.32 Å². The van der Waals surface area contributed by atoms with Crippen molar-refractivity contribution >= 4 is 14.6 Å². The molecule has 0 amide bonds. The molecule has 0 spiro atoms. The van der Waals surface area contributed by atoms with Crippen molar-refractivity contribution in [1.29, 1.82) is 0 Å². The minimum atomic E-state index is -1.92. The van der Waals surface area contributed by atoms with Gasteiger partial charge in [-0.25, -0.2) is 0 Å². The van der Waals surface area contributed by atoms with Crippen molar-refractivity contribution in [2.75, 3.05) is 0 Å². The summed E-state index contributed by atoms with van der Waals surface area (Å²) in [6.07, 6.45) is 0.773. The Kier molecular flexibility index (Phi) is 4.35. The van der Waals surface area contributed by atoms with Crippen molar-refractivity contribution in [1.82, 2.24) is 0 Å². The quantitative estimate of drug-likeness (QED) is 0.671. The van der Waals surface area contributed by atoms with Crippen LogP contribution < -0.4 is 4.43 Å². The number of benzene rings is 1. The number of rotatable bonds is 4. The third-order valence-corrected chi connectivity index (χ3v) is 7.90. The Hall–Kier alpha value is -1.13. The molecule has 0 radical (unpaired) electrons. The van der Waals surface area contributed by atoms with Crippen LogP contribution in [0.3, 0.4) is 0 Å². The second-order valence-corrected chi connectivity index (χ2v) is 10.7. The zero-order valence-corrected chi connectivity index (χ0v) is 12.8. The molecule has 1 rings (SSSR count). The number of hydrogen-bond donors (Lipinski definition) is 1. The predicted octanol–water partition coefficient (Wildman–Crippen LogP) is 3.38. The Balaban J connectivity index is 3.08. The summed E-state index contributed by atoms with van der Waals surface area (Å²) in [6.45, 7) is 10.7. The summed E-state index contributed by atoms with van der Waals surface area (Å²) in [5, 5.41) is 9.46. The summed E-state index contributed by atoms with van der Waals surface area (Å²) in [5.41, 5.74) is 1.23. The van der Waals surface area contributed by atoms with Gasteiger partial charge < -0.3 is 9.53 Å². The molecule has 3 nitrogen and oxygen atoms in total. The predicted molar refractivity (Wildman–Crippen MR) is 75.6 cm³/mol. The van der Waals surface area contributed by atoms with Gasteiger partial charge in [0, 0.05) is 11.1 Å². The zero-order chi connectivity index (χ0) is 14.0. The highest BCUT2D eigenvalue weighted by molar-refractivity contribution is 6.74. The lowest BCUT2D eigenvalue weighted by atomic mass is 10.1. The zero-order valence-electron chi connectivity index (χ0n) is 11.8. The SMILES string of the molecule is CC(C)(C)[Si](C)(C)Oc1ccc(C=O)cc1CO. The first-order chi connectivity index (χ1) is 8.21. The topological polar surface area (TPSA) is 46.5 Å². The summed E-state index contributed by atoms with van der Waals surface area (Å²) in [5.74, 6) is 0.690. The van der Waals surface area contributed by atoms with Gasteiger partial charge in [0.25, 0.3) is 0 Å². The van der Waals surface area contributed by atoms with E-state index in [-0.39, 0.29) is 11.6 Å². The van der Waals surface area contributed by atoms with E-state index in [1.807, 2.05) is 0 Å². The molecule has 0 aromatic heterocycles. The van der Waals surface area contributed by atoms with Crippen LogP contribution in [0.4, 0.5) is 0 Å². The van der Waals surface area contributed by atoms with Crippen molar-refractivity contribution in [3.8, 4) is 5.75 Å². The fourth-order valence-corrected chi connectivity index (χ4v) is 2.38. The number of aliphatic hydroxyl groups excluding tert-OH is 1. The van der Waals surface area contributed by atoms with Crippen molar-refractivity contribution in [2.24, 2.45) is 0 Å². The summed E-state index contributed by atoms with van der Waals surface area (Å²) in [7, 11) is -1.92. The highest BCUT2D eigenvalue weighted by atomic mass is 28.4. The first-order valence-electron chi connectivity index (χ1n) is 6.09. The van der Waals surface area contributed by atoms with Gasteiger partial charge in [-0.3, -0.25) is 4.79 Å². The standard InChI is InChI=1S/C14H22O3Si/c1-14(2,3)18(4,5)17-13-7-6-11(9-15)8-12(13)10-16/h6-9,16H,10H2,1-5H3. The number of aldehydes is 1. The van der Waals surface area contributed by atoms with E-state index in [0.29, 0.717) is 16.9 Å². The number of carbonyl (C=O) groups excluding carboxylic acids is 1. The molecule has 18 heavy (non-hydrogen) atoms. The molecule has 0 atom stereocenters. The number of hydrogen-bond acceptors (Lipinski definition) is 3. The van der Waals surface area contributed by atoms with E-state index >= 15 is 0 Å². The molecule has 1 aromatic carbocycles. The third-order valence-electron chi connectivity index (χ3n) is 3.56. The van der Waals surface area contributed by atoms with Crippen LogP contribution in [-0.4, -0.2) is 19.7 Å². The van der Waals surface area contributed by atoms with E-state index < -0.39 is 8.32 Å². The highest BCUT2D eigenvalue weighted by Crippen LogP contribution is 2.38. The van der Waals surface area contributed by atoms with Gasteiger partial charge in [-0.05, 0) is 36.3 Å². The third kappa shape index (κ3) is 3.20. The van der Waals surface area contributed by atoms with E-state index in [2.05, 4.69) is 33.9 Å². The first-order valence-corrected chi connectivity index (χ1v) is 9.00. The number of carbonyl (C=O) groups is 1. The van der Waals surface area contributed by atoms with E-state index in [1.165, 1.54) is 0 Å². The van der Waals surface area contributed by atoms with Crippen LogP contribution in [0.25, 0.3) is 0 Å². The van der Waals surface area contributed by atoms with Crippen molar-refractivity contribution < 1.29 is 14.3 Å². The van der Waals surface area contributed by atoms with Crippen LogP contribution in [0.15, 0.2) is 18.2 Å². The molecule has 0 aliphatic carbocycles. The monoisotopic (exact) mass is 266 g/mol. The van der Waals surface area contributed by atoms with Gasteiger partial charge in [-0.15, -0.1) is 0 Å². The lowest BCUT2D eigenvalue weighted by Crippen LogP contribution is -2.44. The molecule has 0 saturated carbocycles. The fraction of sp³-hybridized carbons (Fsp3) is 0.500. The van der Waals surface area contributed by atoms with Gasteiger partial charge in [-0.1, -0.05) is 20.8 Å². The lowest BCUT2D eigenvalue weighted by Gasteiger charge is -2.37. The molecule has 0 aliphatic heterocycles. The van der Waals surface area contributed by atoms with Crippen LogP contribution in [-0.2, 0) is 6.61 Å². The van der Waals surface area contributed by atoms with Gasteiger partial charge in [0.1, 0.15) is 12.0 Å². The lowest BCUT2D eigenvalue weighted by molar-refractivity contribution is 0.112. The molecule has 0 unspecified atom stereocenters. The van der Waals surface area contributed by atoms with E-state index in [9.17, 15) is 9.90 Å². The molecule has 1 aromatic rings. The molecule has 0 bridgehead atoms. The highest BCUT2D eigenvalue weighted by Gasteiger charge is 2.39. The van der Waals surface area contributed by atoms with Crippen LogP contribution in [0.5, 0.6) is 5.75 Å². The normalized spacial score (nSPS) is 12.3. The van der Waals surface area contributed by atoms with Gasteiger partial charge >= 0.3 is 0 Å². The molecule has 1 N–H and O–H groups in total.